The third kappa shape index (κ3) is 5.68. The SMILES string of the molecule is CC(C)(C)NCCC(=O)N1CCNC(=O)CC1. The fraction of sp³-hybridized carbons (Fsp3) is 0.833. The molecule has 0 radical (unpaired) electrons. The fourth-order valence-corrected chi connectivity index (χ4v) is 1.72. The molecule has 0 saturated carbocycles. The minimum Gasteiger partial charge on any atom is -0.354 e. The summed E-state index contributed by atoms with van der Waals surface area (Å²) in [5.41, 5.74) is 0.0383. The Bertz CT molecular complexity index is 284. The molecule has 98 valence electrons. The van der Waals surface area contributed by atoms with Crippen LogP contribution in [0, 0.1) is 0 Å². The Morgan fingerprint density at radius 3 is 2.76 bits per heavy atom. The highest BCUT2D eigenvalue weighted by Gasteiger charge is 2.18. The predicted molar refractivity (Wildman–Crippen MR) is 66.6 cm³/mol. The highest BCUT2D eigenvalue weighted by molar-refractivity contribution is 5.80. The number of hydrogen-bond acceptors (Lipinski definition) is 3. The van der Waals surface area contributed by atoms with Crippen molar-refractivity contribution in [2.24, 2.45) is 0 Å². The standard InChI is InChI=1S/C12H23N3O2/c1-12(2,3)14-6-4-11(17)15-8-5-10(16)13-7-9-15/h14H,4-9H2,1-3H3,(H,13,16). The molecule has 5 nitrogen and oxygen atoms in total. The first-order valence-electron chi connectivity index (χ1n) is 6.18. The van der Waals surface area contributed by atoms with Crippen molar-refractivity contribution < 1.29 is 9.59 Å². The second kappa shape index (κ2) is 6.00. The number of amides is 2. The van der Waals surface area contributed by atoms with Crippen LogP contribution in [0.3, 0.4) is 0 Å². The summed E-state index contributed by atoms with van der Waals surface area (Å²) in [6, 6.07) is 0. The van der Waals surface area contributed by atoms with E-state index < -0.39 is 0 Å². The maximum Gasteiger partial charge on any atom is 0.223 e. The van der Waals surface area contributed by atoms with E-state index in [1.54, 1.807) is 4.90 Å². The van der Waals surface area contributed by atoms with Gasteiger partial charge in [0.1, 0.15) is 0 Å². The zero-order valence-corrected chi connectivity index (χ0v) is 11.0. The molecule has 0 aliphatic carbocycles. The summed E-state index contributed by atoms with van der Waals surface area (Å²) in [5.74, 6) is 0.159. The van der Waals surface area contributed by atoms with Gasteiger partial charge in [0, 0.05) is 44.6 Å². The molecule has 1 saturated heterocycles. The van der Waals surface area contributed by atoms with Crippen LogP contribution in [-0.2, 0) is 9.59 Å². The van der Waals surface area contributed by atoms with Gasteiger partial charge >= 0.3 is 0 Å². The van der Waals surface area contributed by atoms with Crippen LogP contribution < -0.4 is 10.6 Å². The van der Waals surface area contributed by atoms with Gasteiger partial charge in [-0.15, -0.1) is 0 Å². The lowest BCUT2D eigenvalue weighted by molar-refractivity contribution is -0.131. The molecule has 1 aliphatic heterocycles. The molecule has 0 aromatic heterocycles. The monoisotopic (exact) mass is 241 g/mol. The average Bonchev–Trinajstić information content (AvgIpc) is 2.41. The number of nitrogens with zero attached hydrogens (tertiary/aromatic N) is 1. The van der Waals surface area contributed by atoms with Crippen LogP contribution in [0.25, 0.3) is 0 Å². The van der Waals surface area contributed by atoms with Gasteiger partial charge in [-0.3, -0.25) is 9.59 Å². The highest BCUT2D eigenvalue weighted by atomic mass is 16.2. The minimum absolute atomic E-state index is 0.0353. The van der Waals surface area contributed by atoms with E-state index >= 15 is 0 Å². The Hall–Kier alpha value is -1.10. The molecular formula is C12H23N3O2. The maximum absolute atomic E-state index is 11.9. The Kier molecular flexibility index (Phi) is 4.93. The van der Waals surface area contributed by atoms with Gasteiger partial charge in [-0.1, -0.05) is 0 Å². The van der Waals surface area contributed by atoms with Crippen molar-refractivity contribution in [1.29, 1.82) is 0 Å². The molecule has 17 heavy (non-hydrogen) atoms. The Balaban J connectivity index is 2.29. The molecule has 0 atom stereocenters. The van der Waals surface area contributed by atoms with Crippen molar-refractivity contribution in [2.45, 2.75) is 39.2 Å². The molecule has 2 amide bonds. The number of hydrogen-bond donors (Lipinski definition) is 2. The van der Waals surface area contributed by atoms with Crippen LogP contribution in [0.1, 0.15) is 33.6 Å². The molecule has 0 spiro atoms. The van der Waals surface area contributed by atoms with E-state index in [0.29, 0.717) is 39.0 Å². The van der Waals surface area contributed by atoms with E-state index in [4.69, 9.17) is 0 Å². The van der Waals surface area contributed by atoms with Gasteiger partial charge in [0.25, 0.3) is 0 Å². The zero-order chi connectivity index (χ0) is 12.9. The summed E-state index contributed by atoms with van der Waals surface area (Å²) >= 11 is 0. The summed E-state index contributed by atoms with van der Waals surface area (Å²) in [7, 11) is 0. The molecule has 1 fully saturated rings. The van der Waals surface area contributed by atoms with Gasteiger partial charge in [-0.2, -0.15) is 0 Å². The molecule has 0 bridgehead atoms. The van der Waals surface area contributed by atoms with Gasteiger partial charge in [0.05, 0.1) is 0 Å². The van der Waals surface area contributed by atoms with Crippen molar-refractivity contribution in [3.63, 3.8) is 0 Å². The highest BCUT2D eigenvalue weighted by Crippen LogP contribution is 2.02. The molecule has 0 aromatic carbocycles. The van der Waals surface area contributed by atoms with Crippen LogP contribution in [0.2, 0.25) is 0 Å². The molecule has 2 N–H and O–H groups in total. The quantitative estimate of drug-likeness (QED) is 0.737. The van der Waals surface area contributed by atoms with Crippen LogP contribution in [0.15, 0.2) is 0 Å². The van der Waals surface area contributed by atoms with Crippen molar-refractivity contribution in [3.8, 4) is 0 Å². The van der Waals surface area contributed by atoms with Crippen LogP contribution in [0.5, 0.6) is 0 Å². The van der Waals surface area contributed by atoms with E-state index in [0.717, 1.165) is 0 Å². The molecule has 0 unspecified atom stereocenters. The van der Waals surface area contributed by atoms with Crippen molar-refractivity contribution >= 4 is 11.8 Å². The van der Waals surface area contributed by atoms with E-state index in [9.17, 15) is 9.59 Å². The van der Waals surface area contributed by atoms with Crippen molar-refractivity contribution in [3.05, 3.63) is 0 Å². The number of carbonyl (C=O) groups is 2. The Morgan fingerprint density at radius 1 is 1.41 bits per heavy atom. The molecule has 5 heteroatoms. The van der Waals surface area contributed by atoms with Gasteiger partial charge < -0.3 is 15.5 Å². The third-order valence-electron chi connectivity index (χ3n) is 2.66. The lowest BCUT2D eigenvalue weighted by Crippen LogP contribution is -2.40. The summed E-state index contributed by atoms with van der Waals surface area (Å²) in [5, 5.41) is 6.05. The van der Waals surface area contributed by atoms with Crippen molar-refractivity contribution in [2.75, 3.05) is 26.2 Å². The lowest BCUT2D eigenvalue weighted by atomic mass is 10.1. The molecule has 1 heterocycles. The van der Waals surface area contributed by atoms with E-state index in [2.05, 4.69) is 31.4 Å². The Labute approximate surface area is 103 Å². The molecule has 0 aromatic rings. The minimum atomic E-state index is 0.0353. The maximum atomic E-state index is 11.9. The summed E-state index contributed by atoms with van der Waals surface area (Å²) in [6.07, 6.45) is 0.907. The second-order valence-electron chi connectivity index (χ2n) is 5.41. The van der Waals surface area contributed by atoms with E-state index in [1.165, 1.54) is 0 Å². The number of carbonyl (C=O) groups excluding carboxylic acids is 2. The average molecular weight is 241 g/mol. The second-order valence-corrected chi connectivity index (χ2v) is 5.41. The van der Waals surface area contributed by atoms with Gasteiger partial charge in [0.15, 0.2) is 0 Å². The fourth-order valence-electron chi connectivity index (χ4n) is 1.72. The largest absolute Gasteiger partial charge is 0.354 e. The summed E-state index contributed by atoms with van der Waals surface area (Å²) < 4.78 is 0. The summed E-state index contributed by atoms with van der Waals surface area (Å²) in [6.45, 7) is 8.64. The zero-order valence-electron chi connectivity index (χ0n) is 11.0. The Morgan fingerprint density at radius 2 is 2.12 bits per heavy atom. The third-order valence-corrected chi connectivity index (χ3v) is 2.66. The molecule has 1 aliphatic rings. The molecular weight excluding hydrogens is 218 g/mol. The van der Waals surface area contributed by atoms with Crippen LogP contribution in [-0.4, -0.2) is 48.4 Å². The lowest BCUT2D eigenvalue weighted by Gasteiger charge is -2.23. The normalized spacial score (nSPS) is 17.6. The smallest absolute Gasteiger partial charge is 0.223 e. The van der Waals surface area contributed by atoms with E-state index in [1.807, 2.05) is 0 Å². The van der Waals surface area contributed by atoms with Crippen molar-refractivity contribution in [1.82, 2.24) is 15.5 Å². The molecule has 1 rings (SSSR count). The first kappa shape index (κ1) is 14.0. The predicted octanol–water partition coefficient (Wildman–Crippen LogP) is 0.113. The number of nitrogens with one attached hydrogen (secondary N) is 2. The van der Waals surface area contributed by atoms with E-state index in [-0.39, 0.29) is 17.4 Å². The van der Waals surface area contributed by atoms with Crippen LogP contribution >= 0.6 is 0 Å². The first-order valence-corrected chi connectivity index (χ1v) is 6.18. The van der Waals surface area contributed by atoms with Gasteiger partial charge in [-0.05, 0) is 20.8 Å². The summed E-state index contributed by atoms with van der Waals surface area (Å²) in [4.78, 5) is 24.8. The van der Waals surface area contributed by atoms with Gasteiger partial charge in [0.2, 0.25) is 11.8 Å². The number of rotatable bonds is 3. The van der Waals surface area contributed by atoms with Crippen LogP contribution in [0.4, 0.5) is 0 Å². The first-order chi connectivity index (χ1) is 7.88. The van der Waals surface area contributed by atoms with Gasteiger partial charge in [-0.25, -0.2) is 0 Å². The topological polar surface area (TPSA) is 61.4 Å².